The normalized spacial score (nSPS) is 9.67. The monoisotopic (exact) mass is 202 g/mol. The first-order valence-corrected chi connectivity index (χ1v) is 5.47. The molecule has 0 heterocycles. The van der Waals surface area contributed by atoms with Crippen LogP contribution in [0.15, 0.2) is 24.3 Å². The molecule has 0 amide bonds. The van der Waals surface area contributed by atoms with Gasteiger partial charge in [0.25, 0.3) is 0 Å². The Bertz CT molecular complexity index is 339. The molecule has 0 saturated heterocycles. The standard InChI is InChI=1S/C13H18N2/c1-3-15(11-7-6-10-14)13-9-5-4-8-12(13)2/h4-5,8-9H,3,6-7,11H2,1-2H3. The third kappa shape index (κ3) is 3.28. The molecule has 0 bridgehead atoms. The number of unbranched alkanes of at least 4 members (excludes halogenated alkanes) is 1. The van der Waals surface area contributed by atoms with Crippen molar-refractivity contribution in [3.05, 3.63) is 29.8 Å². The van der Waals surface area contributed by atoms with E-state index in [0.717, 1.165) is 19.5 Å². The molecular weight excluding hydrogens is 184 g/mol. The Labute approximate surface area is 92.1 Å². The van der Waals surface area contributed by atoms with Gasteiger partial charge in [-0.25, -0.2) is 0 Å². The van der Waals surface area contributed by atoms with Crippen LogP contribution >= 0.6 is 0 Å². The Morgan fingerprint density at radius 2 is 2.07 bits per heavy atom. The van der Waals surface area contributed by atoms with Crippen molar-refractivity contribution in [3.8, 4) is 6.07 Å². The number of para-hydroxylation sites is 1. The molecule has 15 heavy (non-hydrogen) atoms. The summed E-state index contributed by atoms with van der Waals surface area (Å²) in [7, 11) is 0. The molecule has 0 spiro atoms. The van der Waals surface area contributed by atoms with Crippen LogP contribution in [-0.2, 0) is 0 Å². The summed E-state index contributed by atoms with van der Waals surface area (Å²) in [5.74, 6) is 0. The summed E-state index contributed by atoms with van der Waals surface area (Å²) in [6, 6.07) is 10.6. The van der Waals surface area contributed by atoms with E-state index in [2.05, 4.69) is 49.1 Å². The van der Waals surface area contributed by atoms with Crippen molar-refractivity contribution in [2.75, 3.05) is 18.0 Å². The molecule has 0 aliphatic carbocycles. The van der Waals surface area contributed by atoms with Crippen LogP contribution in [0.2, 0.25) is 0 Å². The van der Waals surface area contributed by atoms with E-state index in [-0.39, 0.29) is 0 Å². The first-order valence-electron chi connectivity index (χ1n) is 5.47. The Morgan fingerprint density at radius 3 is 2.67 bits per heavy atom. The highest BCUT2D eigenvalue weighted by Crippen LogP contribution is 2.19. The molecule has 0 unspecified atom stereocenters. The zero-order chi connectivity index (χ0) is 11.1. The maximum Gasteiger partial charge on any atom is 0.0622 e. The van der Waals surface area contributed by atoms with Gasteiger partial charge in [-0.05, 0) is 31.9 Å². The molecular formula is C13H18N2. The van der Waals surface area contributed by atoms with Gasteiger partial charge in [-0.1, -0.05) is 18.2 Å². The molecule has 0 saturated carbocycles. The predicted molar refractivity (Wildman–Crippen MR) is 63.9 cm³/mol. The van der Waals surface area contributed by atoms with Gasteiger partial charge in [-0.15, -0.1) is 0 Å². The van der Waals surface area contributed by atoms with Gasteiger partial charge in [0.15, 0.2) is 0 Å². The fourth-order valence-corrected chi connectivity index (χ4v) is 1.72. The maximum atomic E-state index is 8.51. The van der Waals surface area contributed by atoms with Crippen LogP contribution in [0.4, 0.5) is 5.69 Å². The van der Waals surface area contributed by atoms with E-state index in [9.17, 15) is 0 Å². The molecule has 2 nitrogen and oxygen atoms in total. The number of rotatable bonds is 5. The van der Waals surface area contributed by atoms with Crippen molar-refractivity contribution >= 4 is 5.69 Å². The van der Waals surface area contributed by atoms with E-state index in [0.29, 0.717) is 6.42 Å². The second kappa shape index (κ2) is 6.08. The number of nitriles is 1. The lowest BCUT2D eigenvalue weighted by Crippen LogP contribution is -2.24. The van der Waals surface area contributed by atoms with E-state index in [1.54, 1.807) is 0 Å². The number of benzene rings is 1. The van der Waals surface area contributed by atoms with Gasteiger partial charge >= 0.3 is 0 Å². The number of anilines is 1. The first-order chi connectivity index (χ1) is 7.29. The Balaban J connectivity index is 2.66. The molecule has 0 aromatic heterocycles. The zero-order valence-electron chi connectivity index (χ0n) is 9.53. The van der Waals surface area contributed by atoms with E-state index >= 15 is 0 Å². The Kier molecular flexibility index (Phi) is 4.70. The van der Waals surface area contributed by atoms with Crippen molar-refractivity contribution in [1.82, 2.24) is 0 Å². The third-order valence-corrected chi connectivity index (χ3v) is 2.55. The summed E-state index contributed by atoms with van der Waals surface area (Å²) < 4.78 is 0. The molecule has 1 aromatic carbocycles. The Hall–Kier alpha value is -1.49. The average molecular weight is 202 g/mol. The summed E-state index contributed by atoms with van der Waals surface area (Å²) in [6.07, 6.45) is 1.58. The molecule has 0 N–H and O–H groups in total. The minimum Gasteiger partial charge on any atom is -0.372 e. The minimum absolute atomic E-state index is 0.641. The number of hydrogen-bond donors (Lipinski definition) is 0. The van der Waals surface area contributed by atoms with E-state index < -0.39 is 0 Å². The molecule has 0 atom stereocenters. The van der Waals surface area contributed by atoms with Gasteiger partial charge in [0.05, 0.1) is 6.07 Å². The van der Waals surface area contributed by atoms with Gasteiger partial charge in [-0.3, -0.25) is 0 Å². The largest absolute Gasteiger partial charge is 0.372 e. The number of aryl methyl sites for hydroxylation is 1. The SMILES string of the molecule is CCN(CCCC#N)c1ccccc1C. The topological polar surface area (TPSA) is 27.0 Å². The Morgan fingerprint density at radius 1 is 1.33 bits per heavy atom. The summed E-state index contributed by atoms with van der Waals surface area (Å²) in [6.45, 7) is 6.24. The highest BCUT2D eigenvalue weighted by atomic mass is 15.1. The number of hydrogen-bond acceptors (Lipinski definition) is 2. The van der Waals surface area contributed by atoms with Gasteiger partial charge in [0.2, 0.25) is 0 Å². The minimum atomic E-state index is 0.641. The van der Waals surface area contributed by atoms with Gasteiger partial charge in [-0.2, -0.15) is 5.26 Å². The van der Waals surface area contributed by atoms with Crippen LogP contribution in [0.3, 0.4) is 0 Å². The van der Waals surface area contributed by atoms with Crippen LogP contribution in [-0.4, -0.2) is 13.1 Å². The quantitative estimate of drug-likeness (QED) is 0.686. The molecule has 80 valence electrons. The van der Waals surface area contributed by atoms with Gasteiger partial charge in [0, 0.05) is 25.2 Å². The van der Waals surface area contributed by atoms with Crippen LogP contribution in [0, 0.1) is 18.3 Å². The van der Waals surface area contributed by atoms with Crippen molar-refractivity contribution in [2.45, 2.75) is 26.7 Å². The highest BCUT2D eigenvalue weighted by Gasteiger charge is 2.05. The summed E-state index contributed by atoms with van der Waals surface area (Å²) >= 11 is 0. The zero-order valence-corrected chi connectivity index (χ0v) is 9.53. The highest BCUT2D eigenvalue weighted by molar-refractivity contribution is 5.52. The van der Waals surface area contributed by atoms with E-state index in [1.807, 2.05) is 0 Å². The van der Waals surface area contributed by atoms with Crippen LogP contribution < -0.4 is 4.90 Å². The molecule has 0 radical (unpaired) electrons. The predicted octanol–water partition coefficient (Wildman–Crippen LogP) is 3.13. The van der Waals surface area contributed by atoms with Crippen molar-refractivity contribution in [3.63, 3.8) is 0 Å². The summed E-state index contributed by atoms with van der Waals surface area (Å²) in [5, 5.41) is 8.51. The molecule has 0 fully saturated rings. The van der Waals surface area contributed by atoms with Crippen LogP contribution in [0.1, 0.15) is 25.3 Å². The van der Waals surface area contributed by atoms with Crippen LogP contribution in [0.5, 0.6) is 0 Å². The lowest BCUT2D eigenvalue weighted by Gasteiger charge is -2.24. The molecule has 0 aliphatic heterocycles. The fourth-order valence-electron chi connectivity index (χ4n) is 1.72. The van der Waals surface area contributed by atoms with Crippen molar-refractivity contribution in [2.24, 2.45) is 0 Å². The van der Waals surface area contributed by atoms with Gasteiger partial charge in [0.1, 0.15) is 0 Å². The third-order valence-electron chi connectivity index (χ3n) is 2.55. The first kappa shape index (κ1) is 11.6. The van der Waals surface area contributed by atoms with E-state index in [1.165, 1.54) is 11.3 Å². The van der Waals surface area contributed by atoms with Crippen molar-refractivity contribution in [1.29, 1.82) is 5.26 Å². The van der Waals surface area contributed by atoms with Gasteiger partial charge < -0.3 is 4.90 Å². The second-order valence-corrected chi connectivity index (χ2v) is 3.63. The molecule has 1 rings (SSSR count). The maximum absolute atomic E-state index is 8.51. The van der Waals surface area contributed by atoms with Crippen molar-refractivity contribution < 1.29 is 0 Å². The lowest BCUT2D eigenvalue weighted by molar-refractivity contribution is 0.759. The molecule has 0 aliphatic rings. The number of nitrogens with zero attached hydrogens (tertiary/aromatic N) is 2. The average Bonchev–Trinajstić information content (AvgIpc) is 2.26. The second-order valence-electron chi connectivity index (χ2n) is 3.63. The fraction of sp³-hybridized carbons (Fsp3) is 0.462. The smallest absolute Gasteiger partial charge is 0.0622 e. The molecule has 2 heteroatoms. The van der Waals surface area contributed by atoms with E-state index in [4.69, 9.17) is 5.26 Å². The van der Waals surface area contributed by atoms with Crippen LogP contribution in [0.25, 0.3) is 0 Å². The summed E-state index contributed by atoms with van der Waals surface area (Å²) in [5.41, 5.74) is 2.59. The lowest BCUT2D eigenvalue weighted by atomic mass is 10.1. The summed E-state index contributed by atoms with van der Waals surface area (Å²) in [4.78, 5) is 2.33. The molecule has 1 aromatic rings.